The third-order valence-electron chi connectivity index (χ3n) is 3.57. The largest absolute Gasteiger partial charge is 0.306 e. The summed E-state index contributed by atoms with van der Waals surface area (Å²) >= 11 is 3.25. The van der Waals surface area contributed by atoms with E-state index in [9.17, 15) is 4.39 Å². The lowest BCUT2D eigenvalue weighted by molar-refractivity contribution is 0.409. The lowest BCUT2D eigenvalue weighted by Crippen LogP contribution is -2.34. The van der Waals surface area contributed by atoms with E-state index in [1.165, 1.54) is 6.07 Å². The molecule has 0 radical (unpaired) electrons. The Morgan fingerprint density at radius 2 is 2.28 bits per heavy atom. The fourth-order valence-electron chi connectivity index (χ4n) is 2.58. The molecule has 0 aromatic heterocycles. The molecule has 0 aliphatic heterocycles. The van der Waals surface area contributed by atoms with Crippen LogP contribution in [0.15, 0.2) is 22.7 Å². The molecule has 4 heteroatoms. The van der Waals surface area contributed by atoms with Crippen LogP contribution in [0.1, 0.15) is 37.8 Å². The summed E-state index contributed by atoms with van der Waals surface area (Å²) in [5.74, 6) is -0.151. The van der Waals surface area contributed by atoms with Gasteiger partial charge in [0.2, 0.25) is 0 Å². The molecule has 3 atom stereocenters. The first kappa shape index (κ1) is 13.5. The summed E-state index contributed by atoms with van der Waals surface area (Å²) in [5, 5.41) is 12.4. The van der Waals surface area contributed by atoms with Crippen molar-refractivity contribution < 1.29 is 4.39 Å². The van der Waals surface area contributed by atoms with Gasteiger partial charge in [0.1, 0.15) is 5.82 Å². The second kappa shape index (κ2) is 5.81. The van der Waals surface area contributed by atoms with Crippen LogP contribution in [-0.4, -0.2) is 6.04 Å². The molecule has 1 aliphatic rings. The molecule has 1 saturated carbocycles. The zero-order chi connectivity index (χ0) is 13.1. The minimum Gasteiger partial charge on any atom is -0.306 e. The first-order chi connectivity index (χ1) is 8.61. The first-order valence-corrected chi connectivity index (χ1v) is 7.01. The monoisotopic (exact) mass is 310 g/mol. The van der Waals surface area contributed by atoms with E-state index in [2.05, 4.69) is 27.3 Å². The summed E-state index contributed by atoms with van der Waals surface area (Å²) in [7, 11) is 0. The van der Waals surface area contributed by atoms with Gasteiger partial charge in [-0.3, -0.25) is 0 Å². The topological polar surface area (TPSA) is 35.8 Å². The van der Waals surface area contributed by atoms with Gasteiger partial charge in [-0.25, -0.2) is 4.39 Å². The molecule has 1 N–H and O–H groups in total. The van der Waals surface area contributed by atoms with Gasteiger partial charge in [0.05, 0.1) is 12.0 Å². The third-order valence-corrected chi connectivity index (χ3v) is 4.07. The minimum atomic E-state index is -0.212. The van der Waals surface area contributed by atoms with Gasteiger partial charge in [-0.2, -0.15) is 5.26 Å². The molecule has 2 nitrogen and oxygen atoms in total. The maximum absolute atomic E-state index is 13.8. The summed E-state index contributed by atoms with van der Waals surface area (Å²) in [6, 6.07) is 7.55. The Hall–Kier alpha value is -0.920. The zero-order valence-electron chi connectivity index (χ0n) is 10.3. The lowest BCUT2D eigenvalue weighted by atomic mass is 10.0. The predicted molar refractivity (Wildman–Crippen MR) is 72.4 cm³/mol. The lowest BCUT2D eigenvalue weighted by Gasteiger charge is -2.22. The molecule has 1 aromatic carbocycles. The van der Waals surface area contributed by atoms with E-state index in [0.717, 1.165) is 23.7 Å². The Kier molecular flexibility index (Phi) is 4.36. The fourth-order valence-corrected chi connectivity index (χ4v) is 2.91. The first-order valence-electron chi connectivity index (χ1n) is 6.22. The van der Waals surface area contributed by atoms with Crippen LogP contribution in [0.5, 0.6) is 0 Å². The van der Waals surface area contributed by atoms with Crippen LogP contribution in [0.3, 0.4) is 0 Å². The van der Waals surface area contributed by atoms with Gasteiger partial charge in [0.15, 0.2) is 0 Å². The van der Waals surface area contributed by atoms with Crippen molar-refractivity contribution in [3.05, 3.63) is 34.1 Å². The Morgan fingerprint density at radius 1 is 1.50 bits per heavy atom. The molecule has 0 saturated heterocycles. The second-order valence-corrected chi connectivity index (χ2v) is 5.74. The van der Waals surface area contributed by atoms with E-state index >= 15 is 0 Å². The van der Waals surface area contributed by atoms with Crippen LogP contribution in [-0.2, 0) is 0 Å². The molecule has 3 unspecified atom stereocenters. The van der Waals surface area contributed by atoms with E-state index in [4.69, 9.17) is 5.26 Å². The number of nitrogens with zero attached hydrogens (tertiary/aromatic N) is 1. The van der Waals surface area contributed by atoms with Crippen molar-refractivity contribution in [2.45, 2.75) is 38.3 Å². The number of halogens is 2. The van der Waals surface area contributed by atoms with Crippen molar-refractivity contribution in [2.75, 3.05) is 0 Å². The molecule has 0 spiro atoms. The fraction of sp³-hybridized carbons (Fsp3) is 0.500. The Labute approximate surface area is 115 Å². The van der Waals surface area contributed by atoms with E-state index in [1.54, 1.807) is 6.07 Å². The number of hydrogen-bond donors (Lipinski definition) is 1. The molecule has 0 heterocycles. The van der Waals surface area contributed by atoms with Crippen LogP contribution >= 0.6 is 15.9 Å². The second-order valence-electron chi connectivity index (χ2n) is 4.83. The standard InChI is InChI=1S/C14H16BrFN2/c1-9(12-6-5-11(15)7-13(12)16)18-14-4-2-3-10(14)8-17/h5-7,9-10,14,18H,2-4H2,1H3. The number of benzene rings is 1. The highest BCUT2D eigenvalue weighted by Gasteiger charge is 2.28. The molecule has 1 aromatic rings. The van der Waals surface area contributed by atoms with Crippen molar-refractivity contribution in [2.24, 2.45) is 5.92 Å². The average Bonchev–Trinajstić information content (AvgIpc) is 2.76. The molecule has 1 fully saturated rings. The maximum atomic E-state index is 13.8. The summed E-state index contributed by atoms with van der Waals surface area (Å²) in [6.45, 7) is 1.94. The Morgan fingerprint density at radius 3 is 2.94 bits per heavy atom. The van der Waals surface area contributed by atoms with Crippen molar-refractivity contribution >= 4 is 15.9 Å². The molecular formula is C14H16BrFN2. The number of rotatable bonds is 3. The van der Waals surface area contributed by atoms with Gasteiger partial charge >= 0.3 is 0 Å². The van der Waals surface area contributed by atoms with Crippen LogP contribution in [0.2, 0.25) is 0 Å². The predicted octanol–water partition coefficient (Wildman–Crippen LogP) is 3.93. The van der Waals surface area contributed by atoms with E-state index < -0.39 is 0 Å². The summed E-state index contributed by atoms with van der Waals surface area (Å²) in [5.41, 5.74) is 0.654. The van der Waals surface area contributed by atoms with E-state index in [0.29, 0.717) is 5.56 Å². The van der Waals surface area contributed by atoms with Crippen molar-refractivity contribution in [3.63, 3.8) is 0 Å². The molecule has 0 bridgehead atoms. The van der Waals surface area contributed by atoms with Gasteiger partial charge < -0.3 is 5.32 Å². The van der Waals surface area contributed by atoms with Crippen LogP contribution < -0.4 is 5.32 Å². The highest BCUT2D eigenvalue weighted by molar-refractivity contribution is 9.10. The highest BCUT2D eigenvalue weighted by Crippen LogP contribution is 2.28. The van der Waals surface area contributed by atoms with E-state index in [1.807, 2.05) is 13.0 Å². The molecule has 96 valence electrons. The highest BCUT2D eigenvalue weighted by atomic mass is 79.9. The molecule has 18 heavy (non-hydrogen) atoms. The van der Waals surface area contributed by atoms with E-state index in [-0.39, 0.29) is 23.8 Å². The van der Waals surface area contributed by atoms with Crippen molar-refractivity contribution in [3.8, 4) is 6.07 Å². The Bertz CT molecular complexity index is 469. The summed E-state index contributed by atoms with van der Waals surface area (Å²) in [4.78, 5) is 0. The van der Waals surface area contributed by atoms with Crippen molar-refractivity contribution in [1.29, 1.82) is 5.26 Å². The summed E-state index contributed by atoms with van der Waals surface area (Å²) < 4.78 is 14.6. The van der Waals surface area contributed by atoms with Gasteiger partial charge in [-0.05, 0) is 31.9 Å². The smallest absolute Gasteiger partial charge is 0.129 e. The van der Waals surface area contributed by atoms with Crippen LogP contribution in [0.4, 0.5) is 4.39 Å². The van der Waals surface area contributed by atoms with Gasteiger partial charge in [-0.15, -0.1) is 0 Å². The third kappa shape index (κ3) is 2.90. The molecular weight excluding hydrogens is 295 g/mol. The number of nitrogens with one attached hydrogen (secondary N) is 1. The number of hydrogen-bond acceptors (Lipinski definition) is 2. The maximum Gasteiger partial charge on any atom is 0.129 e. The van der Waals surface area contributed by atoms with Crippen LogP contribution in [0.25, 0.3) is 0 Å². The van der Waals surface area contributed by atoms with Gasteiger partial charge in [0.25, 0.3) is 0 Å². The van der Waals surface area contributed by atoms with Gasteiger partial charge in [0, 0.05) is 22.1 Å². The van der Waals surface area contributed by atoms with Gasteiger partial charge in [-0.1, -0.05) is 28.4 Å². The minimum absolute atomic E-state index is 0.0611. The molecule has 2 rings (SSSR count). The van der Waals surface area contributed by atoms with Crippen LogP contribution in [0, 0.1) is 23.1 Å². The average molecular weight is 311 g/mol. The normalized spacial score (nSPS) is 24.8. The molecule has 0 amide bonds. The number of nitriles is 1. The zero-order valence-corrected chi connectivity index (χ0v) is 11.9. The summed E-state index contributed by atoms with van der Waals surface area (Å²) in [6.07, 6.45) is 3.02. The van der Waals surface area contributed by atoms with Crippen molar-refractivity contribution in [1.82, 2.24) is 5.32 Å². The SMILES string of the molecule is CC(NC1CCCC1C#N)c1ccc(Br)cc1F. The molecule has 1 aliphatic carbocycles. The quantitative estimate of drug-likeness (QED) is 0.918. The Balaban J connectivity index is 2.08.